The summed E-state index contributed by atoms with van der Waals surface area (Å²) < 4.78 is 1.07. The van der Waals surface area contributed by atoms with Crippen LogP contribution in [0.5, 0.6) is 0 Å². The number of rotatable bonds is 6. The minimum absolute atomic E-state index is 0.510. The highest BCUT2D eigenvalue weighted by Gasteiger charge is 2.20. The molecule has 4 aromatic rings. The fourth-order valence-electron chi connectivity index (χ4n) is 2.74. The van der Waals surface area contributed by atoms with Gasteiger partial charge in [-0.05, 0) is 36.2 Å². The number of nitrogens with one attached hydrogen (secondary N) is 1. The molecule has 1 atom stereocenters. The van der Waals surface area contributed by atoms with Crippen molar-refractivity contribution in [2.75, 3.05) is 11.9 Å². The first-order valence-electron chi connectivity index (χ1n) is 8.54. The summed E-state index contributed by atoms with van der Waals surface area (Å²) in [5, 5.41) is 13.7. The van der Waals surface area contributed by atoms with Gasteiger partial charge in [-0.3, -0.25) is 4.98 Å². The lowest BCUT2D eigenvalue weighted by molar-refractivity contribution is 0.915. The molecule has 1 N–H and O–H groups in total. The third-order valence-electron chi connectivity index (χ3n) is 4.08. The van der Waals surface area contributed by atoms with E-state index in [1.165, 1.54) is 11.3 Å². The smallest absolute Gasteiger partial charge is 0.222 e. The topological polar surface area (TPSA) is 87.4 Å². The van der Waals surface area contributed by atoms with Gasteiger partial charge in [0.15, 0.2) is 0 Å². The van der Waals surface area contributed by atoms with Crippen LogP contribution in [0.25, 0.3) is 10.2 Å². The fraction of sp³-hybridized carbons (Fsp3) is 0.150. The van der Waals surface area contributed by atoms with E-state index in [2.05, 4.69) is 31.3 Å². The predicted octanol–water partition coefficient (Wildman–Crippen LogP) is 3.79. The third kappa shape index (κ3) is 3.91. The Kier molecular flexibility index (Phi) is 4.99. The van der Waals surface area contributed by atoms with E-state index in [9.17, 15) is 5.26 Å². The van der Waals surface area contributed by atoms with Crippen molar-refractivity contribution < 1.29 is 0 Å². The quantitative estimate of drug-likeness (QED) is 0.554. The third-order valence-corrected chi connectivity index (χ3v) is 5.18. The van der Waals surface area contributed by atoms with Gasteiger partial charge in [-0.1, -0.05) is 18.2 Å². The summed E-state index contributed by atoms with van der Waals surface area (Å²) in [6, 6.07) is 15.9. The summed E-state index contributed by atoms with van der Waals surface area (Å²) in [5.41, 5.74) is 2.70. The van der Waals surface area contributed by atoms with Crippen molar-refractivity contribution >= 4 is 27.5 Å². The number of thiazole rings is 1. The van der Waals surface area contributed by atoms with E-state index < -0.39 is 5.92 Å². The minimum atomic E-state index is -0.510. The number of para-hydroxylation sites is 1. The maximum atomic E-state index is 9.70. The van der Waals surface area contributed by atoms with E-state index in [0.29, 0.717) is 18.2 Å². The molecule has 0 saturated heterocycles. The Hall–Kier alpha value is -3.37. The summed E-state index contributed by atoms with van der Waals surface area (Å²) in [4.78, 5) is 17.5. The largest absolute Gasteiger partial charge is 0.354 e. The van der Waals surface area contributed by atoms with E-state index in [4.69, 9.17) is 0 Å². The molecule has 0 bridgehead atoms. The summed E-state index contributed by atoms with van der Waals surface area (Å²) in [6.45, 7) is 0.688. The number of aromatic nitrogens is 4. The molecule has 0 aliphatic rings. The molecule has 0 spiro atoms. The Morgan fingerprint density at radius 1 is 1.07 bits per heavy atom. The maximum Gasteiger partial charge on any atom is 0.222 e. The normalized spacial score (nSPS) is 11.8. The van der Waals surface area contributed by atoms with E-state index in [0.717, 1.165) is 27.2 Å². The van der Waals surface area contributed by atoms with Crippen LogP contribution in [0.1, 0.15) is 22.2 Å². The molecule has 0 fully saturated rings. The molecule has 0 amide bonds. The summed E-state index contributed by atoms with van der Waals surface area (Å²) in [7, 11) is 0. The second-order valence-corrected chi connectivity index (χ2v) is 6.99. The Morgan fingerprint density at radius 2 is 2.00 bits per heavy atom. The highest BCUT2D eigenvalue weighted by molar-refractivity contribution is 7.18. The number of pyridine rings is 1. The van der Waals surface area contributed by atoms with Gasteiger partial charge in [0.2, 0.25) is 5.95 Å². The number of anilines is 1. The van der Waals surface area contributed by atoms with Crippen LogP contribution in [0.4, 0.5) is 5.95 Å². The van der Waals surface area contributed by atoms with Crippen LogP contribution in [0.2, 0.25) is 0 Å². The Morgan fingerprint density at radius 3 is 2.81 bits per heavy atom. The number of benzene rings is 1. The molecule has 0 aliphatic carbocycles. The van der Waals surface area contributed by atoms with Gasteiger partial charge in [0.1, 0.15) is 10.9 Å². The average Bonchev–Trinajstić information content (AvgIpc) is 3.13. The van der Waals surface area contributed by atoms with Gasteiger partial charge in [0, 0.05) is 25.1 Å². The first kappa shape index (κ1) is 17.1. The lowest BCUT2D eigenvalue weighted by Crippen LogP contribution is -2.10. The first-order valence-corrected chi connectivity index (χ1v) is 9.36. The lowest BCUT2D eigenvalue weighted by Gasteiger charge is -2.08. The molecule has 3 aromatic heterocycles. The summed E-state index contributed by atoms with van der Waals surface area (Å²) in [6.07, 6.45) is 6.10. The average molecular weight is 372 g/mol. The van der Waals surface area contributed by atoms with E-state index in [-0.39, 0.29) is 0 Å². The van der Waals surface area contributed by atoms with Crippen LogP contribution in [-0.4, -0.2) is 26.5 Å². The van der Waals surface area contributed by atoms with Crippen molar-refractivity contribution in [2.24, 2.45) is 0 Å². The van der Waals surface area contributed by atoms with Crippen LogP contribution in [0, 0.1) is 11.3 Å². The molecule has 0 unspecified atom stereocenters. The zero-order valence-corrected chi connectivity index (χ0v) is 15.2. The first-order chi connectivity index (χ1) is 13.3. The molecule has 3 heterocycles. The molecule has 0 saturated carbocycles. The van der Waals surface area contributed by atoms with Gasteiger partial charge < -0.3 is 5.32 Å². The number of fused-ring (bicyclic) bond motifs is 1. The van der Waals surface area contributed by atoms with Crippen molar-refractivity contribution in [1.29, 1.82) is 5.26 Å². The minimum Gasteiger partial charge on any atom is -0.354 e. The predicted molar refractivity (Wildman–Crippen MR) is 106 cm³/mol. The van der Waals surface area contributed by atoms with E-state index >= 15 is 0 Å². The van der Waals surface area contributed by atoms with Crippen LogP contribution in [0.3, 0.4) is 0 Å². The molecular weight excluding hydrogens is 356 g/mol. The molecule has 0 radical (unpaired) electrons. The summed E-state index contributed by atoms with van der Waals surface area (Å²) in [5.74, 6) is 0.00187. The van der Waals surface area contributed by atoms with E-state index in [1.54, 1.807) is 18.5 Å². The van der Waals surface area contributed by atoms with Crippen molar-refractivity contribution in [3.63, 3.8) is 0 Å². The molecular formula is C20H16N6S. The van der Waals surface area contributed by atoms with Crippen LogP contribution in [-0.2, 0) is 6.42 Å². The fourth-order valence-corrected chi connectivity index (χ4v) is 3.77. The number of nitriles is 1. The number of hydrogen-bond donors (Lipinski definition) is 1. The van der Waals surface area contributed by atoms with Gasteiger partial charge >= 0.3 is 0 Å². The standard InChI is InChI=1S/C20H16N6S/c21-12-15(19-25-17-5-1-2-6-18(17)27-19)16-8-11-24-20(26-16)23-10-7-14-4-3-9-22-13-14/h1-6,8-9,11,13,15H,7,10H2,(H,23,24,26)/t15-/m1/s1. The zero-order chi connectivity index (χ0) is 18.5. The second-order valence-electron chi connectivity index (χ2n) is 5.93. The van der Waals surface area contributed by atoms with Crippen molar-refractivity contribution in [1.82, 2.24) is 19.9 Å². The second kappa shape index (κ2) is 7.89. The molecule has 6 nitrogen and oxygen atoms in total. The molecule has 1 aromatic carbocycles. The van der Waals surface area contributed by atoms with Gasteiger partial charge in [-0.2, -0.15) is 5.26 Å². The molecule has 27 heavy (non-hydrogen) atoms. The van der Waals surface area contributed by atoms with Gasteiger partial charge in [-0.25, -0.2) is 15.0 Å². The van der Waals surface area contributed by atoms with Crippen molar-refractivity contribution in [3.8, 4) is 6.07 Å². The monoisotopic (exact) mass is 372 g/mol. The Balaban J connectivity index is 1.51. The van der Waals surface area contributed by atoms with Crippen LogP contribution >= 0.6 is 11.3 Å². The summed E-state index contributed by atoms with van der Waals surface area (Å²) >= 11 is 1.52. The molecule has 132 valence electrons. The lowest BCUT2D eigenvalue weighted by atomic mass is 10.1. The van der Waals surface area contributed by atoms with Gasteiger partial charge in [0.25, 0.3) is 0 Å². The molecule has 0 aliphatic heterocycles. The van der Waals surface area contributed by atoms with Crippen LogP contribution in [0.15, 0.2) is 61.1 Å². The maximum absolute atomic E-state index is 9.70. The number of hydrogen-bond acceptors (Lipinski definition) is 7. The number of nitrogens with zero attached hydrogens (tertiary/aromatic N) is 5. The highest BCUT2D eigenvalue weighted by Crippen LogP contribution is 2.30. The SMILES string of the molecule is N#C[C@H](c1ccnc(NCCc2cccnc2)n1)c1nc2ccccc2s1. The van der Waals surface area contributed by atoms with Crippen LogP contribution < -0.4 is 5.32 Å². The molecule has 4 rings (SSSR count). The Bertz CT molecular complexity index is 1050. The highest BCUT2D eigenvalue weighted by atomic mass is 32.1. The van der Waals surface area contributed by atoms with Gasteiger partial charge in [-0.15, -0.1) is 11.3 Å². The Labute approximate surface area is 160 Å². The molecule has 7 heteroatoms. The van der Waals surface area contributed by atoms with Gasteiger partial charge in [0.05, 0.1) is 22.0 Å². The van der Waals surface area contributed by atoms with E-state index in [1.807, 2.05) is 42.6 Å². The zero-order valence-electron chi connectivity index (χ0n) is 14.4. The van der Waals surface area contributed by atoms with Crippen molar-refractivity contribution in [2.45, 2.75) is 12.3 Å². The van der Waals surface area contributed by atoms with Crippen molar-refractivity contribution in [3.05, 3.63) is 77.3 Å².